The summed E-state index contributed by atoms with van der Waals surface area (Å²) in [7, 11) is 0. The van der Waals surface area contributed by atoms with Gasteiger partial charge in [-0.3, -0.25) is 0 Å². The van der Waals surface area contributed by atoms with Crippen molar-refractivity contribution in [1.29, 1.82) is 0 Å². The highest BCUT2D eigenvalue weighted by atomic mass is 15.2. The maximum Gasteiger partial charge on any atom is 0.0632 e. The second kappa shape index (κ2) is 6.79. The number of anilines is 2. The summed E-state index contributed by atoms with van der Waals surface area (Å²) in [5.74, 6) is 0.408. The van der Waals surface area contributed by atoms with E-state index in [0.717, 1.165) is 0 Å². The normalized spacial score (nSPS) is 21.2. The number of fused-ring (bicyclic) bond motifs is 9. The van der Waals surface area contributed by atoms with Crippen LogP contribution in [0.25, 0.3) is 27.5 Å². The van der Waals surface area contributed by atoms with E-state index in [1.165, 1.54) is 81.2 Å². The Kier molecular flexibility index (Phi) is 3.62. The van der Waals surface area contributed by atoms with Crippen LogP contribution in [0.15, 0.2) is 108 Å². The van der Waals surface area contributed by atoms with E-state index in [2.05, 4.69) is 107 Å². The summed E-state index contributed by atoms with van der Waals surface area (Å²) in [6, 6.07) is 32.1. The van der Waals surface area contributed by atoms with Gasteiger partial charge in [-0.05, 0) is 96.0 Å². The van der Waals surface area contributed by atoms with Crippen molar-refractivity contribution in [3.05, 3.63) is 125 Å². The van der Waals surface area contributed by atoms with Gasteiger partial charge in [0, 0.05) is 28.1 Å². The van der Waals surface area contributed by atoms with Crippen LogP contribution in [0.4, 0.5) is 11.4 Å². The molecule has 2 atom stereocenters. The zero-order valence-electron chi connectivity index (χ0n) is 20.1. The first kappa shape index (κ1) is 19.2. The van der Waals surface area contributed by atoms with Gasteiger partial charge in [0.1, 0.15) is 0 Å². The molecule has 4 aliphatic rings. The van der Waals surface area contributed by atoms with Crippen LogP contribution < -0.4 is 4.90 Å². The Balaban J connectivity index is 1.43. The van der Waals surface area contributed by atoms with E-state index < -0.39 is 0 Å². The fourth-order valence-corrected chi connectivity index (χ4v) is 7.15. The van der Waals surface area contributed by atoms with Crippen molar-refractivity contribution in [3.63, 3.8) is 0 Å². The molecule has 4 aromatic carbocycles. The molecule has 2 nitrogen and oxygen atoms in total. The summed E-state index contributed by atoms with van der Waals surface area (Å²) in [4.78, 5) is 2.65. The minimum absolute atomic E-state index is 0.342. The number of allylic oxidation sites excluding steroid dienone is 2. The Labute approximate surface area is 210 Å². The molecule has 0 spiro atoms. The van der Waals surface area contributed by atoms with Gasteiger partial charge in [-0.15, -0.1) is 0 Å². The first-order valence-corrected chi connectivity index (χ1v) is 13.3. The third kappa shape index (κ3) is 2.37. The summed E-state index contributed by atoms with van der Waals surface area (Å²) < 4.78 is 2.50. The molecule has 1 aliphatic heterocycles. The van der Waals surface area contributed by atoms with Gasteiger partial charge in [0.25, 0.3) is 0 Å². The Morgan fingerprint density at radius 1 is 0.611 bits per heavy atom. The van der Waals surface area contributed by atoms with Gasteiger partial charge in [0.2, 0.25) is 0 Å². The average Bonchev–Trinajstić information content (AvgIpc) is 3.39. The Hall–Kier alpha value is -4.04. The largest absolute Gasteiger partial charge is 0.333 e. The minimum Gasteiger partial charge on any atom is -0.333 e. The van der Waals surface area contributed by atoms with Gasteiger partial charge < -0.3 is 9.47 Å². The number of aryl methyl sites for hydroxylation is 2. The van der Waals surface area contributed by atoms with Crippen LogP contribution in [-0.2, 0) is 12.8 Å². The highest BCUT2D eigenvalue weighted by Gasteiger charge is 2.42. The van der Waals surface area contributed by atoms with Gasteiger partial charge in [-0.2, -0.15) is 0 Å². The topological polar surface area (TPSA) is 8.17 Å². The lowest BCUT2D eigenvalue weighted by molar-refractivity contribution is 0.678. The van der Waals surface area contributed by atoms with E-state index in [1.807, 2.05) is 0 Å². The van der Waals surface area contributed by atoms with E-state index in [1.54, 1.807) is 11.1 Å². The quantitative estimate of drug-likeness (QED) is 0.257. The average molecular weight is 463 g/mol. The predicted octanol–water partition coefficient (Wildman–Crippen LogP) is 8.15. The SMILES string of the molecule is C1=C2CCC2=CC2C1c1ccc3c(c1N2c1ccccc1)c1cc2c(cc1n3-c1ccccc1)CC2. The van der Waals surface area contributed by atoms with E-state index >= 15 is 0 Å². The fraction of sp³-hybridized carbons (Fsp3) is 0.176. The number of nitrogens with zero attached hydrogens (tertiary/aromatic N) is 2. The second-order valence-corrected chi connectivity index (χ2v) is 10.8. The molecule has 1 aromatic heterocycles. The molecule has 36 heavy (non-hydrogen) atoms. The molecule has 9 rings (SSSR count). The van der Waals surface area contributed by atoms with Gasteiger partial charge in [0.15, 0.2) is 0 Å². The lowest BCUT2D eigenvalue weighted by Crippen LogP contribution is -2.31. The van der Waals surface area contributed by atoms with Crippen LogP contribution in [0, 0.1) is 0 Å². The fourth-order valence-electron chi connectivity index (χ4n) is 7.15. The maximum absolute atomic E-state index is 2.65. The van der Waals surface area contributed by atoms with Crippen LogP contribution >= 0.6 is 0 Å². The lowest BCUT2D eigenvalue weighted by Gasteiger charge is -2.35. The van der Waals surface area contributed by atoms with E-state index in [4.69, 9.17) is 0 Å². The molecule has 0 radical (unpaired) electrons. The number of aromatic nitrogens is 1. The first-order chi connectivity index (χ1) is 17.8. The van der Waals surface area contributed by atoms with Crippen molar-refractivity contribution in [2.24, 2.45) is 0 Å². The summed E-state index contributed by atoms with van der Waals surface area (Å²) in [5, 5.41) is 2.80. The third-order valence-electron chi connectivity index (χ3n) is 9.06. The van der Waals surface area contributed by atoms with Gasteiger partial charge in [-0.1, -0.05) is 54.6 Å². The first-order valence-electron chi connectivity index (χ1n) is 13.3. The Bertz CT molecular complexity index is 1790. The molecule has 0 amide bonds. The summed E-state index contributed by atoms with van der Waals surface area (Å²) in [6.45, 7) is 0. The van der Waals surface area contributed by atoms with Crippen molar-refractivity contribution in [2.75, 3.05) is 4.90 Å². The van der Waals surface area contributed by atoms with Crippen LogP contribution in [0.1, 0.15) is 35.4 Å². The molecule has 0 N–H and O–H groups in total. The minimum atomic E-state index is 0.342. The van der Waals surface area contributed by atoms with Crippen molar-refractivity contribution in [3.8, 4) is 5.69 Å². The van der Waals surface area contributed by atoms with Crippen molar-refractivity contribution >= 4 is 33.2 Å². The second-order valence-electron chi connectivity index (χ2n) is 10.8. The number of hydrogen-bond donors (Lipinski definition) is 0. The molecule has 0 saturated heterocycles. The van der Waals surface area contributed by atoms with Crippen LogP contribution in [0.3, 0.4) is 0 Å². The summed E-state index contributed by atoms with van der Waals surface area (Å²) in [5.41, 5.74) is 14.2. The summed E-state index contributed by atoms with van der Waals surface area (Å²) in [6.07, 6.45) is 10.0. The molecule has 1 saturated carbocycles. The molecule has 0 bridgehead atoms. The smallest absolute Gasteiger partial charge is 0.0632 e. The van der Waals surface area contributed by atoms with E-state index in [0.29, 0.717) is 12.0 Å². The molecule has 2 heterocycles. The highest BCUT2D eigenvalue weighted by Crippen LogP contribution is 2.56. The Morgan fingerprint density at radius 3 is 2.03 bits per heavy atom. The predicted molar refractivity (Wildman–Crippen MR) is 149 cm³/mol. The monoisotopic (exact) mass is 462 g/mol. The zero-order chi connectivity index (χ0) is 23.4. The number of hydrogen-bond acceptors (Lipinski definition) is 1. The van der Waals surface area contributed by atoms with Crippen LogP contribution in [0.5, 0.6) is 0 Å². The molecule has 172 valence electrons. The van der Waals surface area contributed by atoms with Gasteiger partial charge in [-0.25, -0.2) is 0 Å². The zero-order valence-corrected chi connectivity index (χ0v) is 20.1. The molecular formula is C34H26N2. The molecule has 3 aliphatic carbocycles. The summed E-state index contributed by atoms with van der Waals surface area (Å²) >= 11 is 0. The third-order valence-corrected chi connectivity index (χ3v) is 9.06. The number of benzene rings is 4. The molecule has 5 aromatic rings. The number of rotatable bonds is 2. The molecule has 2 unspecified atom stereocenters. The standard InChI is InChI=1S/C34H26N2/c1-3-7-25(8-4-1)35-30-16-15-27-28-17-21-11-13-23(21)19-31(28)36(26-9-5-2-6-10-26)34(27)33(30)29-18-22-12-14-24(22)20-32(29)35/h1-10,15-20,28,31H,11-14H2. The molecular weight excluding hydrogens is 436 g/mol. The van der Waals surface area contributed by atoms with Gasteiger partial charge >= 0.3 is 0 Å². The molecule has 2 heteroatoms. The van der Waals surface area contributed by atoms with E-state index in [9.17, 15) is 0 Å². The maximum atomic E-state index is 2.65. The van der Waals surface area contributed by atoms with Gasteiger partial charge in [0.05, 0.1) is 22.8 Å². The van der Waals surface area contributed by atoms with Crippen molar-refractivity contribution in [1.82, 2.24) is 4.57 Å². The van der Waals surface area contributed by atoms with Crippen molar-refractivity contribution < 1.29 is 0 Å². The lowest BCUT2D eigenvalue weighted by atomic mass is 9.75. The highest BCUT2D eigenvalue weighted by molar-refractivity contribution is 6.17. The van der Waals surface area contributed by atoms with Crippen LogP contribution in [-0.4, -0.2) is 10.6 Å². The Morgan fingerprint density at radius 2 is 1.31 bits per heavy atom. The van der Waals surface area contributed by atoms with Crippen molar-refractivity contribution in [2.45, 2.75) is 37.6 Å². The van der Waals surface area contributed by atoms with E-state index in [-0.39, 0.29) is 0 Å². The number of para-hydroxylation sites is 2. The van der Waals surface area contributed by atoms with Crippen LogP contribution in [0.2, 0.25) is 0 Å². The molecule has 1 fully saturated rings.